The number of aromatic carboxylic acids is 1. The lowest BCUT2D eigenvalue weighted by Crippen LogP contribution is -2.57. The lowest BCUT2D eigenvalue weighted by Gasteiger charge is -2.42. The molecule has 29 heteroatoms. The van der Waals surface area contributed by atoms with Crippen LogP contribution in [-0.4, -0.2) is 182 Å². The summed E-state index contributed by atoms with van der Waals surface area (Å²) in [6.45, 7) is 15.7. The molecule has 10 heterocycles. The third-order valence-electron chi connectivity index (χ3n) is 23.9. The number of carboxylic acid groups (broad SMARTS) is 1. The Balaban J connectivity index is 0.000000216. The van der Waals surface area contributed by atoms with Gasteiger partial charge >= 0.3 is 18.2 Å². The summed E-state index contributed by atoms with van der Waals surface area (Å²) in [6, 6.07) is 28.3. The highest BCUT2D eigenvalue weighted by molar-refractivity contribution is 6.07. The summed E-state index contributed by atoms with van der Waals surface area (Å²) in [5.41, 5.74) is 11.1. The van der Waals surface area contributed by atoms with Crippen molar-refractivity contribution in [2.75, 3.05) is 73.2 Å². The van der Waals surface area contributed by atoms with Crippen LogP contribution in [0.25, 0.3) is 22.3 Å². The van der Waals surface area contributed by atoms with Crippen LogP contribution in [0.2, 0.25) is 0 Å². The summed E-state index contributed by atoms with van der Waals surface area (Å²) in [5, 5.41) is 15.2. The van der Waals surface area contributed by atoms with E-state index in [9.17, 15) is 53.1 Å². The number of hydrogen-bond donors (Lipinski definition) is 3. The van der Waals surface area contributed by atoms with Gasteiger partial charge in [0.1, 0.15) is 30.4 Å². The Labute approximate surface area is 734 Å². The van der Waals surface area contributed by atoms with E-state index in [2.05, 4.69) is 23.8 Å². The van der Waals surface area contributed by atoms with Crippen molar-refractivity contribution in [3.63, 3.8) is 0 Å². The molecule has 6 aliphatic rings. The number of nitrogens with zero attached hydrogens (tertiary/aromatic N) is 8. The number of benzene rings is 4. The number of ether oxygens (including phenoxy) is 8. The predicted octanol–water partition coefficient (Wildman–Crippen LogP) is 16.6. The average molecular weight is 1730 g/mol. The minimum absolute atomic E-state index is 0.00157. The number of piperidine rings is 2. The van der Waals surface area contributed by atoms with Gasteiger partial charge in [0.05, 0.1) is 76.3 Å². The zero-order valence-corrected chi connectivity index (χ0v) is 73.2. The number of amides is 6. The van der Waals surface area contributed by atoms with Crippen molar-refractivity contribution in [2.24, 2.45) is 28.2 Å². The first kappa shape index (κ1) is 91.5. The Hall–Kier alpha value is -12.2. The van der Waals surface area contributed by atoms with Gasteiger partial charge in [-0.15, -0.1) is 0 Å². The Morgan fingerprint density at radius 1 is 0.476 bits per heavy atom. The van der Waals surface area contributed by atoms with Crippen LogP contribution in [0.5, 0.6) is 11.5 Å². The lowest BCUT2D eigenvalue weighted by molar-refractivity contribution is -0.199. The maximum Gasteiger partial charge on any atom is 0.416 e. The summed E-state index contributed by atoms with van der Waals surface area (Å²) < 4.78 is 55.7. The van der Waals surface area contributed by atoms with Gasteiger partial charge < -0.3 is 81.7 Å². The van der Waals surface area contributed by atoms with Gasteiger partial charge in [-0.05, 0) is 199 Å². The molecular formula is C97H116N10O19. The predicted molar refractivity (Wildman–Crippen MR) is 475 cm³/mol. The third kappa shape index (κ3) is 22.4. The first-order valence-corrected chi connectivity index (χ1v) is 43.9. The van der Waals surface area contributed by atoms with E-state index in [0.717, 1.165) is 102 Å². The van der Waals surface area contributed by atoms with Crippen molar-refractivity contribution in [1.29, 1.82) is 0 Å². The number of aromatic nitrogens is 4. The van der Waals surface area contributed by atoms with Crippen LogP contribution in [0.4, 0.5) is 32.3 Å². The zero-order valence-electron chi connectivity index (χ0n) is 73.2. The van der Waals surface area contributed by atoms with Crippen molar-refractivity contribution >= 4 is 81.9 Å². The number of anilines is 4. The van der Waals surface area contributed by atoms with Gasteiger partial charge in [0.25, 0.3) is 11.8 Å². The Kier molecular flexibility index (Phi) is 31.0. The second-order valence-corrected chi connectivity index (χ2v) is 33.3. The number of hydrogen-bond acceptors (Lipinski definition) is 18. The first-order chi connectivity index (χ1) is 60.8. The average Bonchev–Trinajstić information content (AvgIpc) is 1.55. The summed E-state index contributed by atoms with van der Waals surface area (Å²) in [7, 11) is 7.08. The number of carbonyl (C=O) groups excluding carboxylic acids is 9. The van der Waals surface area contributed by atoms with Gasteiger partial charge in [-0.2, -0.15) is 0 Å². The number of carbonyl (C=O) groups is 10. The Morgan fingerprint density at radius 3 is 1.26 bits per heavy atom. The molecule has 4 aromatic carbocycles. The summed E-state index contributed by atoms with van der Waals surface area (Å²) in [4.78, 5) is 139. The van der Waals surface area contributed by atoms with Crippen LogP contribution in [-0.2, 0) is 79.0 Å². The lowest BCUT2D eigenvalue weighted by atomic mass is 10.00. The molecule has 6 aliphatic heterocycles. The number of nitrogens with one attached hydrogen (secondary N) is 2. The van der Waals surface area contributed by atoms with Crippen molar-refractivity contribution in [1.82, 2.24) is 28.1 Å². The molecule has 6 amide bonds. The van der Waals surface area contributed by atoms with Gasteiger partial charge in [-0.3, -0.25) is 33.6 Å². The van der Waals surface area contributed by atoms with Crippen molar-refractivity contribution in [3.05, 3.63) is 203 Å². The van der Waals surface area contributed by atoms with Crippen molar-refractivity contribution < 1.29 is 90.9 Å². The quantitative estimate of drug-likeness (QED) is 0.0192. The molecule has 668 valence electrons. The molecule has 0 spiro atoms. The van der Waals surface area contributed by atoms with Crippen LogP contribution in [0.1, 0.15) is 220 Å². The fraction of sp³-hybridized carbons (Fsp3) is 0.443. The van der Waals surface area contributed by atoms with Crippen LogP contribution in [0, 0.1) is 13.8 Å². The molecule has 0 saturated carbocycles. The Morgan fingerprint density at radius 2 is 0.881 bits per heavy atom. The Bertz CT molecular complexity index is 4970. The second kappa shape index (κ2) is 42.7. The van der Waals surface area contributed by atoms with Crippen molar-refractivity contribution in [2.45, 2.75) is 199 Å². The summed E-state index contributed by atoms with van der Waals surface area (Å²) >= 11 is 0. The SMILES string of the molecule is C=CCOC(=O)N1c2cc(OCCCCCC(=O)Nc3cc(C(=O)Cc4ccc(-c5cc(C(=O)O)n(C)c5)cc4)n(C)c3)c(C)cc2C(=O)N2CCCC[C@H]2C1OC1CCCCO1.C=CCOC(=O)N1c2cc(OCCCCCC(=O)Nc3cc(C(=O)Cc4ccc(-c5cc(C(C)=O)n(C)c5)cc4)n(C)c3)c(C)cc2C(=O)N2CCCC[C@H]2C1OC1CCCCO1. The number of rotatable bonds is 34. The van der Waals surface area contributed by atoms with E-state index < -0.39 is 43.2 Å². The van der Waals surface area contributed by atoms with E-state index >= 15 is 0 Å². The maximum absolute atomic E-state index is 14.2. The molecule has 3 N–H and O–H groups in total. The number of unbranched alkanes of at least 4 members (excludes halogenated alkanes) is 4. The molecule has 14 rings (SSSR count). The monoisotopic (exact) mass is 1720 g/mol. The molecule has 126 heavy (non-hydrogen) atoms. The second-order valence-electron chi connectivity index (χ2n) is 33.3. The number of carboxylic acids is 1. The van der Waals surface area contributed by atoms with E-state index in [1.54, 1.807) is 103 Å². The molecule has 8 aromatic rings. The van der Waals surface area contributed by atoms with Crippen molar-refractivity contribution in [3.8, 4) is 33.8 Å². The van der Waals surface area contributed by atoms with E-state index in [1.165, 1.54) is 22.0 Å². The molecular weight excluding hydrogens is 1610 g/mol. The van der Waals surface area contributed by atoms with Crippen LogP contribution >= 0.6 is 0 Å². The van der Waals surface area contributed by atoms with Gasteiger partial charge in [0.2, 0.25) is 11.8 Å². The van der Waals surface area contributed by atoms with Crippen LogP contribution < -0.4 is 29.9 Å². The van der Waals surface area contributed by atoms with Crippen LogP contribution in [0.15, 0.2) is 147 Å². The van der Waals surface area contributed by atoms with Crippen LogP contribution in [0.3, 0.4) is 0 Å². The number of Topliss-reactive ketones (excluding diaryl/α,β-unsaturated/α-hetero) is 3. The molecule has 4 fully saturated rings. The fourth-order valence-electron chi connectivity index (χ4n) is 17.4. The van der Waals surface area contributed by atoms with Gasteiger partial charge in [0.15, 0.2) is 42.4 Å². The zero-order chi connectivity index (χ0) is 89.2. The minimum Gasteiger partial charge on any atom is -0.493 e. The van der Waals surface area contributed by atoms with E-state index in [-0.39, 0.29) is 91.2 Å². The highest BCUT2D eigenvalue weighted by Crippen LogP contribution is 2.43. The minimum atomic E-state index is -0.998. The first-order valence-electron chi connectivity index (χ1n) is 43.9. The summed E-state index contributed by atoms with van der Waals surface area (Å²) in [5.74, 6) is -0.731. The van der Waals surface area contributed by atoms with E-state index in [0.29, 0.717) is 166 Å². The number of aryl methyl sites for hydroxylation is 6. The molecule has 0 bridgehead atoms. The molecule has 6 atom stereocenters. The van der Waals surface area contributed by atoms with E-state index in [1.807, 2.05) is 96.1 Å². The smallest absolute Gasteiger partial charge is 0.416 e. The maximum atomic E-state index is 14.2. The van der Waals surface area contributed by atoms with E-state index in [4.69, 9.17) is 37.9 Å². The largest absolute Gasteiger partial charge is 0.493 e. The molecule has 0 aliphatic carbocycles. The number of ketones is 3. The highest BCUT2D eigenvalue weighted by atomic mass is 16.7. The van der Waals surface area contributed by atoms with Gasteiger partial charge in [-0.1, -0.05) is 73.8 Å². The molecule has 0 radical (unpaired) electrons. The topological polar surface area (TPSA) is 322 Å². The summed E-state index contributed by atoms with van der Waals surface area (Å²) in [6.07, 6.45) is 21.1. The van der Waals surface area contributed by atoms with Gasteiger partial charge in [-0.25, -0.2) is 24.2 Å². The fourth-order valence-corrected chi connectivity index (χ4v) is 17.4. The molecule has 4 saturated heterocycles. The number of fused-ring (bicyclic) bond motifs is 4. The standard InChI is InChI=1S/C49H59N5O9.C48H57N5O10/c1-6-22-62-49(59)54-41-29-44(32(2)25-38(41)47(58)53-21-11-9-14-39(53)48(54)63-46-16-10-13-24-61-46)60-23-12-7-8-15-45(57)50-37-28-42(52(5)31-37)43(56)26-34-17-19-35(20-18-34)36-27-40(33(3)55)51(4)30-36;1-5-21-62-48(59)53-38-28-42(31(2)24-36(38)45(56)52-20-10-8-13-37(52)46(53)63-44-15-9-12-23-61-44)60-22-11-6-7-14-43(55)49-35-27-39(51(4)30-35)41(54)25-32-16-18-33(19-17-32)34-26-40(47(57)58)50(3)29-34/h6,17-20,25,27-31,39,46,48H,1,7-16,21-24,26H2,2-5H3,(H,50,57);5,16-19,24,26-30,37,44,46H,1,6-15,20-23,25H2,2-4H3,(H,49,55)(H,57,58)/t39-,46?,48?;37-,44?,46?/m00/s1. The third-order valence-corrected chi connectivity index (χ3v) is 23.9. The van der Waals surface area contributed by atoms with Gasteiger partial charge in [0, 0.05) is 135 Å². The highest BCUT2D eigenvalue weighted by Gasteiger charge is 2.49. The molecule has 4 aromatic heterocycles. The normalized spacial score (nSPS) is 18.5. The molecule has 4 unspecified atom stereocenters. The molecule has 29 nitrogen and oxygen atoms in total.